The standard InChI is InChI=1S/C12H15N3S/c1-3-10-5-4-6-13-12(10)14-7-11-15-9(2)8-16-11/h4-6,8H,3,7H2,1-2H3,(H,13,14). The van der Waals surface area contributed by atoms with Crippen LogP contribution in [0.4, 0.5) is 5.82 Å². The molecule has 0 saturated carbocycles. The van der Waals surface area contributed by atoms with Gasteiger partial charge in [0.25, 0.3) is 0 Å². The third-order valence-corrected chi connectivity index (χ3v) is 3.31. The Bertz CT molecular complexity index is 465. The number of hydrogen-bond acceptors (Lipinski definition) is 4. The second-order valence-electron chi connectivity index (χ2n) is 3.60. The van der Waals surface area contributed by atoms with Crippen LogP contribution in [-0.2, 0) is 13.0 Å². The normalized spacial score (nSPS) is 10.4. The average Bonchev–Trinajstić information content (AvgIpc) is 2.73. The molecule has 2 rings (SSSR count). The Balaban J connectivity index is 2.04. The highest BCUT2D eigenvalue weighted by molar-refractivity contribution is 7.09. The summed E-state index contributed by atoms with van der Waals surface area (Å²) in [5.41, 5.74) is 2.33. The number of hydrogen-bond donors (Lipinski definition) is 1. The smallest absolute Gasteiger partial charge is 0.129 e. The average molecular weight is 233 g/mol. The van der Waals surface area contributed by atoms with Gasteiger partial charge in [-0.1, -0.05) is 13.0 Å². The van der Waals surface area contributed by atoms with Gasteiger partial charge in [0.2, 0.25) is 0 Å². The molecular formula is C12H15N3S. The maximum atomic E-state index is 4.41. The molecule has 0 spiro atoms. The Morgan fingerprint density at radius 2 is 2.31 bits per heavy atom. The fourth-order valence-corrected chi connectivity index (χ4v) is 2.24. The molecule has 0 aromatic carbocycles. The van der Waals surface area contributed by atoms with Gasteiger partial charge in [0, 0.05) is 17.3 Å². The van der Waals surface area contributed by atoms with Crippen molar-refractivity contribution in [1.29, 1.82) is 0 Å². The molecule has 1 N–H and O–H groups in total. The maximum absolute atomic E-state index is 4.41. The van der Waals surface area contributed by atoms with Gasteiger partial charge in [0.1, 0.15) is 10.8 Å². The van der Waals surface area contributed by atoms with Crippen molar-refractivity contribution in [3.05, 3.63) is 40.0 Å². The molecule has 0 amide bonds. The molecule has 0 fully saturated rings. The lowest BCUT2D eigenvalue weighted by Crippen LogP contribution is -2.03. The molecular weight excluding hydrogens is 218 g/mol. The number of aromatic nitrogens is 2. The number of rotatable bonds is 4. The summed E-state index contributed by atoms with van der Waals surface area (Å²) in [4.78, 5) is 8.75. The van der Waals surface area contributed by atoms with Crippen molar-refractivity contribution in [3.8, 4) is 0 Å². The fraction of sp³-hybridized carbons (Fsp3) is 0.333. The van der Waals surface area contributed by atoms with Crippen LogP contribution in [0.5, 0.6) is 0 Å². The van der Waals surface area contributed by atoms with Gasteiger partial charge < -0.3 is 5.32 Å². The quantitative estimate of drug-likeness (QED) is 0.882. The summed E-state index contributed by atoms with van der Waals surface area (Å²) in [5.74, 6) is 0.970. The Morgan fingerprint density at radius 1 is 1.44 bits per heavy atom. The number of thiazole rings is 1. The van der Waals surface area contributed by atoms with Crippen LogP contribution in [0.1, 0.15) is 23.2 Å². The Hall–Kier alpha value is -1.42. The zero-order chi connectivity index (χ0) is 11.4. The van der Waals surface area contributed by atoms with E-state index in [2.05, 4.69) is 33.7 Å². The third kappa shape index (κ3) is 2.58. The molecule has 0 aliphatic heterocycles. The van der Waals surface area contributed by atoms with Gasteiger partial charge in [-0.05, 0) is 25.0 Å². The van der Waals surface area contributed by atoms with Gasteiger partial charge in [0.15, 0.2) is 0 Å². The molecule has 0 unspecified atom stereocenters. The van der Waals surface area contributed by atoms with Crippen LogP contribution in [0.2, 0.25) is 0 Å². The molecule has 84 valence electrons. The van der Waals surface area contributed by atoms with E-state index in [9.17, 15) is 0 Å². The summed E-state index contributed by atoms with van der Waals surface area (Å²) in [7, 11) is 0. The first-order chi connectivity index (χ1) is 7.79. The molecule has 2 aromatic rings. The van der Waals surface area contributed by atoms with E-state index in [0.29, 0.717) is 0 Å². The van der Waals surface area contributed by atoms with Crippen molar-refractivity contribution in [2.24, 2.45) is 0 Å². The number of pyridine rings is 1. The first-order valence-electron chi connectivity index (χ1n) is 5.38. The van der Waals surface area contributed by atoms with E-state index in [1.54, 1.807) is 11.3 Å². The number of aryl methyl sites for hydroxylation is 2. The van der Waals surface area contributed by atoms with E-state index in [0.717, 1.165) is 29.5 Å². The lowest BCUT2D eigenvalue weighted by molar-refractivity contribution is 1.03. The summed E-state index contributed by atoms with van der Waals surface area (Å²) in [6, 6.07) is 4.07. The minimum Gasteiger partial charge on any atom is -0.363 e. The summed E-state index contributed by atoms with van der Waals surface area (Å²) in [6.45, 7) is 4.90. The molecule has 2 heterocycles. The molecule has 0 saturated heterocycles. The molecule has 16 heavy (non-hydrogen) atoms. The van der Waals surface area contributed by atoms with Crippen LogP contribution < -0.4 is 5.32 Å². The van der Waals surface area contributed by atoms with Gasteiger partial charge in [-0.2, -0.15) is 0 Å². The van der Waals surface area contributed by atoms with E-state index in [1.807, 2.05) is 19.2 Å². The first kappa shape index (κ1) is 11.1. The molecule has 0 aliphatic carbocycles. The second-order valence-corrected chi connectivity index (χ2v) is 4.54. The lowest BCUT2D eigenvalue weighted by Gasteiger charge is -2.07. The topological polar surface area (TPSA) is 37.8 Å². The third-order valence-electron chi connectivity index (χ3n) is 2.35. The van der Waals surface area contributed by atoms with Crippen molar-refractivity contribution in [2.45, 2.75) is 26.8 Å². The maximum Gasteiger partial charge on any atom is 0.129 e. The van der Waals surface area contributed by atoms with Crippen LogP contribution in [0, 0.1) is 6.92 Å². The van der Waals surface area contributed by atoms with Crippen molar-refractivity contribution in [1.82, 2.24) is 9.97 Å². The molecule has 4 heteroatoms. The van der Waals surface area contributed by atoms with E-state index in [-0.39, 0.29) is 0 Å². The highest BCUT2D eigenvalue weighted by Gasteiger charge is 2.02. The SMILES string of the molecule is CCc1cccnc1NCc1nc(C)cs1. The molecule has 3 nitrogen and oxygen atoms in total. The van der Waals surface area contributed by atoms with Crippen molar-refractivity contribution in [3.63, 3.8) is 0 Å². The first-order valence-corrected chi connectivity index (χ1v) is 6.26. The van der Waals surface area contributed by atoms with Gasteiger partial charge >= 0.3 is 0 Å². The van der Waals surface area contributed by atoms with E-state index >= 15 is 0 Å². The van der Waals surface area contributed by atoms with Crippen molar-refractivity contribution in [2.75, 3.05) is 5.32 Å². The Kier molecular flexibility index (Phi) is 3.51. The van der Waals surface area contributed by atoms with Crippen LogP contribution >= 0.6 is 11.3 Å². The minimum absolute atomic E-state index is 0.753. The summed E-state index contributed by atoms with van der Waals surface area (Å²) >= 11 is 1.68. The van der Waals surface area contributed by atoms with Crippen LogP contribution in [0.25, 0.3) is 0 Å². The number of anilines is 1. The fourth-order valence-electron chi connectivity index (χ4n) is 1.53. The van der Waals surface area contributed by atoms with Gasteiger partial charge in [-0.25, -0.2) is 9.97 Å². The highest BCUT2D eigenvalue weighted by atomic mass is 32.1. The van der Waals surface area contributed by atoms with E-state index in [4.69, 9.17) is 0 Å². The van der Waals surface area contributed by atoms with Crippen LogP contribution in [0.15, 0.2) is 23.7 Å². The Morgan fingerprint density at radius 3 is 3.00 bits per heavy atom. The van der Waals surface area contributed by atoms with Crippen molar-refractivity contribution < 1.29 is 0 Å². The number of nitrogens with zero attached hydrogens (tertiary/aromatic N) is 2. The molecule has 0 aliphatic rings. The predicted octanol–water partition coefficient (Wildman–Crippen LogP) is 3.02. The monoisotopic (exact) mass is 233 g/mol. The van der Waals surface area contributed by atoms with Crippen LogP contribution in [0.3, 0.4) is 0 Å². The van der Waals surface area contributed by atoms with Crippen molar-refractivity contribution >= 4 is 17.2 Å². The largest absolute Gasteiger partial charge is 0.363 e. The number of nitrogens with one attached hydrogen (secondary N) is 1. The van der Waals surface area contributed by atoms with Crippen LogP contribution in [-0.4, -0.2) is 9.97 Å². The summed E-state index contributed by atoms with van der Waals surface area (Å²) < 4.78 is 0. The molecule has 0 radical (unpaired) electrons. The molecule has 2 aromatic heterocycles. The van der Waals surface area contributed by atoms with E-state index in [1.165, 1.54) is 5.56 Å². The van der Waals surface area contributed by atoms with Gasteiger partial charge in [0.05, 0.1) is 6.54 Å². The molecule has 0 bridgehead atoms. The summed E-state index contributed by atoms with van der Waals surface area (Å²) in [6.07, 6.45) is 2.81. The van der Waals surface area contributed by atoms with Gasteiger partial charge in [-0.3, -0.25) is 0 Å². The summed E-state index contributed by atoms with van der Waals surface area (Å²) in [5, 5.41) is 6.50. The highest BCUT2D eigenvalue weighted by Crippen LogP contribution is 2.15. The lowest BCUT2D eigenvalue weighted by atomic mass is 10.2. The predicted molar refractivity (Wildman–Crippen MR) is 67.8 cm³/mol. The Labute approximate surface area is 99.6 Å². The zero-order valence-electron chi connectivity index (χ0n) is 9.53. The minimum atomic E-state index is 0.753. The molecule has 0 atom stereocenters. The van der Waals surface area contributed by atoms with Gasteiger partial charge in [-0.15, -0.1) is 11.3 Å². The second kappa shape index (κ2) is 5.07. The zero-order valence-corrected chi connectivity index (χ0v) is 10.3. The van der Waals surface area contributed by atoms with E-state index < -0.39 is 0 Å².